The lowest BCUT2D eigenvalue weighted by Crippen LogP contribution is -2.43. The first kappa shape index (κ1) is 17.6. The molecule has 110 valence electrons. The first-order chi connectivity index (χ1) is 8.84. The van der Waals surface area contributed by atoms with Crippen LogP contribution in [0.1, 0.15) is 32.1 Å². The predicted octanol–water partition coefficient (Wildman–Crippen LogP) is 0.920. The lowest BCUT2D eigenvalue weighted by molar-refractivity contribution is -0.134. The third kappa shape index (κ3) is 9.21. The van der Waals surface area contributed by atoms with Gasteiger partial charge >= 0.3 is 11.9 Å². The van der Waals surface area contributed by atoms with Crippen LogP contribution in [0.2, 0.25) is 0 Å². The van der Waals surface area contributed by atoms with Gasteiger partial charge in [-0.25, -0.2) is 9.59 Å². The molecule has 0 aliphatic heterocycles. The van der Waals surface area contributed by atoms with Crippen LogP contribution in [-0.2, 0) is 9.59 Å². The molecule has 0 spiro atoms. The smallest absolute Gasteiger partial charge is 0.328 e. The van der Waals surface area contributed by atoms with E-state index < -0.39 is 11.9 Å². The number of hydrogen-bond acceptors (Lipinski definition) is 4. The second-order valence-corrected chi connectivity index (χ2v) is 4.84. The Balaban J connectivity index is 0.000000362. The maximum absolute atomic E-state index is 9.55. The molecule has 2 atom stereocenters. The van der Waals surface area contributed by atoms with Gasteiger partial charge in [0.2, 0.25) is 0 Å². The largest absolute Gasteiger partial charge is 0.478 e. The molecule has 0 aromatic heterocycles. The van der Waals surface area contributed by atoms with Crippen LogP contribution >= 0.6 is 0 Å². The van der Waals surface area contributed by atoms with Crippen LogP contribution in [0.15, 0.2) is 12.2 Å². The molecular formula is C13H24N2O4. The normalized spacial score (nSPS) is 23.6. The van der Waals surface area contributed by atoms with E-state index in [-0.39, 0.29) is 0 Å². The number of carbonyl (C=O) groups is 2. The van der Waals surface area contributed by atoms with Crippen LogP contribution in [0, 0.1) is 0 Å². The van der Waals surface area contributed by atoms with Crippen molar-refractivity contribution in [2.24, 2.45) is 5.73 Å². The standard InChI is InChI=1S/C9H20N2.C4H4O4/c1-11(2)9-7-5-3-4-6-8(9)10;5-3(6)1-2-4(7)8/h8-9H,3-7,10H2,1-2H3;1-2H,(H,5,6)(H,7,8)/b;2-1-/t8-,9-;/m1./s1. The molecule has 0 radical (unpaired) electrons. The summed E-state index contributed by atoms with van der Waals surface area (Å²) in [6.45, 7) is 0. The first-order valence-corrected chi connectivity index (χ1v) is 6.40. The average molecular weight is 272 g/mol. The predicted molar refractivity (Wildman–Crippen MR) is 72.9 cm³/mol. The minimum Gasteiger partial charge on any atom is -0.478 e. The summed E-state index contributed by atoms with van der Waals surface area (Å²) in [5.41, 5.74) is 6.04. The molecule has 0 bridgehead atoms. The number of nitrogens with two attached hydrogens (primary N) is 1. The minimum atomic E-state index is -1.26. The van der Waals surface area contributed by atoms with Crippen LogP contribution in [0.4, 0.5) is 0 Å². The number of aliphatic carboxylic acids is 2. The van der Waals surface area contributed by atoms with Gasteiger partial charge in [0.25, 0.3) is 0 Å². The molecule has 6 nitrogen and oxygen atoms in total. The van der Waals surface area contributed by atoms with E-state index in [4.69, 9.17) is 15.9 Å². The van der Waals surface area contributed by atoms with E-state index in [0.29, 0.717) is 24.2 Å². The molecule has 6 heteroatoms. The molecule has 0 aromatic rings. The van der Waals surface area contributed by atoms with Gasteiger partial charge in [0, 0.05) is 24.2 Å². The topological polar surface area (TPSA) is 104 Å². The van der Waals surface area contributed by atoms with Gasteiger partial charge in [0.1, 0.15) is 0 Å². The van der Waals surface area contributed by atoms with Gasteiger partial charge in [-0.05, 0) is 26.9 Å². The molecule has 0 amide bonds. The van der Waals surface area contributed by atoms with E-state index in [1.165, 1.54) is 32.1 Å². The van der Waals surface area contributed by atoms with Gasteiger partial charge < -0.3 is 20.8 Å². The van der Waals surface area contributed by atoms with Crippen molar-refractivity contribution < 1.29 is 19.8 Å². The second-order valence-electron chi connectivity index (χ2n) is 4.84. The van der Waals surface area contributed by atoms with Crippen molar-refractivity contribution in [1.29, 1.82) is 0 Å². The molecule has 1 rings (SSSR count). The number of likely N-dealkylation sites (N-methyl/N-ethyl adjacent to an activating group) is 1. The summed E-state index contributed by atoms with van der Waals surface area (Å²) < 4.78 is 0. The SMILES string of the molecule is CN(C)[C@@H]1CCCCC[C@H]1N.O=C(O)/C=C\C(=O)O. The Bertz CT molecular complexity index is 300. The second kappa shape index (κ2) is 9.52. The van der Waals surface area contributed by atoms with Crippen LogP contribution < -0.4 is 5.73 Å². The van der Waals surface area contributed by atoms with Crippen molar-refractivity contribution in [3.05, 3.63) is 12.2 Å². The van der Waals surface area contributed by atoms with E-state index in [2.05, 4.69) is 19.0 Å². The molecular weight excluding hydrogens is 248 g/mol. The van der Waals surface area contributed by atoms with E-state index >= 15 is 0 Å². The van der Waals surface area contributed by atoms with Crippen LogP contribution in [0.3, 0.4) is 0 Å². The maximum atomic E-state index is 9.55. The highest BCUT2D eigenvalue weighted by Gasteiger charge is 2.21. The first-order valence-electron chi connectivity index (χ1n) is 6.40. The van der Waals surface area contributed by atoms with Crippen molar-refractivity contribution in [1.82, 2.24) is 4.90 Å². The number of carboxylic acid groups (broad SMARTS) is 2. The third-order valence-corrected chi connectivity index (χ3v) is 3.06. The summed E-state index contributed by atoms with van der Waals surface area (Å²) >= 11 is 0. The highest BCUT2D eigenvalue weighted by molar-refractivity contribution is 5.89. The van der Waals surface area contributed by atoms with E-state index in [1.54, 1.807) is 0 Å². The fourth-order valence-electron chi connectivity index (χ4n) is 2.10. The highest BCUT2D eigenvalue weighted by Crippen LogP contribution is 2.19. The van der Waals surface area contributed by atoms with Crippen molar-refractivity contribution >= 4 is 11.9 Å². The molecule has 0 unspecified atom stereocenters. The summed E-state index contributed by atoms with van der Waals surface area (Å²) in [7, 11) is 4.27. The summed E-state index contributed by atoms with van der Waals surface area (Å²) in [5, 5.41) is 15.6. The third-order valence-electron chi connectivity index (χ3n) is 3.06. The molecule has 1 aliphatic carbocycles. The van der Waals surface area contributed by atoms with E-state index in [9.17, 15) is 9.59 Å². The number of rotatable bonds is 3. The minimum absolute atomic E-state index is 0.410. The number of carboxylic acids is 2. The average Bonchev–Trinajstić information content (AvgIpc) is 2.52. The van der Waals surface area contributed by atoms with Gasteiger partial charge in [-0.15, -0.1) is 0 Å². The summed E-state index contributed by atoms with van der Waals surface area (Å²) in [6, 6.07) is 1.03. The quantitative estimate of drug-likeness (QED) is 0.521. The van der Waals surface area contributed by atoms with Gasteiger partial charge in [-0.1, -0.05) is 19.3 Å². The Morgan fingerprint density at radius 1 is 1.05 bits per heavy atom. The zero-order valence-corrected chi connectivity index (χ0v) is 11.6. The zero-order valence-electron chi connectivity index (χ0n) is 11.6. The van der Waals surface area contributed by atoms with Crippen molar-refractivity contribution in [2.45, 2.75) is 44.2 Å². The lowest BCUT2D eigenvalue weighted by Gasteiger charge is -2.27. The Labute approximate surface area is 113 Å². The van der Waals surface area contributed by atoms with E-state index in [0.717, 1.165) is 0 Å². The fourth-order valence-corrected chi connectivity index (χ4v) is 2.10. The molecule has 0 aromatic carbocycles. The molecule has 0 heterocycles. The molecule has 0 saturated heterocycles. The monoisotopic (exact) mass is 272 g/mol. The lowest BCUT2D eigenvalue weighted by atomic mass is 10.0. The summed E-state index contributed by atoms with van der Waals surface area (Å²) in [6.07, 6.45) is 7.67. The number of nitrogens with zero attached hydrogens (tertiary/aromatic N) is 1. The number of hydrogen-bond donors (Lipinski definition) is 3. The Kier molecular flexibility index (Phi) is 8.82. The fraction of sp³-hybridized carbons (Fsp3) is 0.692. The zero-order chi connectivity index (χ0) is 14.8. The Hall–Kier alpha value is -1.40. The molecule has 19 heavy (non-hydrogen) atoms. The molecule has 4 N–H and O–H groups in total. The van der Waals surface area contributed by atoms with Gasteiger partial charge in [-0.2, -0.15) is 0 Å². The van der Waals surface area contributed by atoms with Crippen LogP contribution in [0.5, 0.6) is 0 Å². The maximum Gasteiger partial charge on any atom is 0.328 e. The Morgan fingerprint density at radius 2 is 1.53 bits per heavy atom. The summed E-state index contributed by atoms with van der Waals surface area (Å²) in [4.78, 5) is 21.4. The van der Waals surface area contributed by atoms with Crippen molar-refractivity contribution in [3.8, 4) is 0 Å². The van der Waals surface area contributed by atoms with Crippen molar-refractivity contribution in [2.75, 3.05) is 14.1 Å². The van der Waals surface area contributed by atoms with Crippen LogP contribution in [-0.4, -0.2) is 53.2 Å². The van der Waals surface area contributed by atoms with E-state index in [1.807, 2.05) is 0 Å². The molecule has 1 fully saturated rings. The Morgan fingerprint density at radius 3 is 1.95 bits per heavy atom. The highest BCUT2D eigenvalue weighted by atomic mass is 16.4. The molecule has 1 aliphatic rings. The van der Waals surface area contributed by atoms with Gasteiger partial charge in [-0.3, -0.25) is 0 Å². The van der Waals surface area contributed by atoms with Crippen LogP contribution in [0.25, 0.3) is 0 Å². The van der Waals surface area contributed by atoms with Crippen molar-refractivity contribution in [3.63, 3.8) is 0 Å². The van der Waals surface area contributed by atoms with Gasteiger partial charge in [0.05, 0.1) is 0 Å². The summed E-state index contributed by atoms with van der Waals surface area (Å²) in [5.74, 6) is -2.51. The molecule has 1 saturated carbocycles. The van der Waals surface area contributed by atoms with Gasteiger partial charge in [0.15, 0.2) is 0 Å².